The maximum absolute atomic E-state index is 13.6. The van der Waals surface area contributed by atoms with Crippen LogP contribution in [0.3, 0.4) is 0 Å². The number of nitrogens with zero attached hydrogens (tertiary/aromatic N) is 2. The molecule has 0 saturated heterocycles. The molecule has 0 saturated carbocycles. The first-order valence-electron chi connectivity index (χ1n) is 7.82. The molecule has 0 atom stereocenters. The summed E-state index contributed by atoms with van der Waals surface area (Å²) < 4.78 is 28.5. The summed E-state index contributed by atoms with van der Waals surface area (Å²) in [6.45, 7) is -0.180. The highest BCUT2D eigenvalue weighted by atomic mass is 35.5. The molecule has 3 aromatic rings. The van der Waals surface area contributed by atoms with Crippen molar-refractivity contribution in [1.82, 2.24) is 10.1 Å². The maximum Gasteiger partial charge on any atom is 0.331 e. The molecule has 6 nitrogen and oxygen atoms in total. The quantitative estimate of drug-likeness (QED) is 0.463. The average Bonchev–Trinajstić information content (AvgIpc) is 3.14. The van der Waals surface area contributed by atoms with Gasteiger partial charge in [0.25, 0.3) is 5.89 Å². The number of benzene rings is 2. The number of halogens is 2. The first kappa shape index (κ1) is 18.6. The Morgan fingerprint density at radius 1 is 1.26 bits per heavy atom. The zero-order chi connectivity index (χ0) is 19.2. The van der Waals surface area contributed by atoms with Crippen molar-refractivity contribution >= 4 is 23.6 Å². The van der Waals surface area contributed by atoms with Crippen LogP contribution in [0, 0.1) is 5.82 Å². The molecule has 8 heteroatoms. The van der Waals surface area contributed by atoms with Crippen molar-refractivity contribution in [3.05, 3.63) is 70.8 Å². The summed E-state index contributed by atoms with van der Waals surface area (Å²) in [7, 11) is 1.38. The largest absolute Gasteiger partial charge is 0.494 e. The fourth-order valence-electron chi connectivity index (χ4n) is 2.16. The van der Waals surface area contributed by atoms with Crippen LogP contribution in [-0.4, -0.2) is 23.2 Å². The Labute approximate surface area is 159 Å². The molecule has 0 bridgehead atoms. The molecule has 0 aliphatic rings. The number of rotatable bonds is 6. The third kappa shape index (κ3) is 4.92. The van der Waals surface area contributed by atoms with Gasteiger partial charge in [0.15, 0.2) is 18.2 Å². The van der Waals surface area contributed by atoms with Crippen molar-refractivity contribution in [2.24, 2.45) is 0 Å². The van der Waals surface area contributed by atoms with Crippen molar-refractivity contribution < 1.29 is 23.2 Å². The second-order valence-corrected chi connectivity index (χ2v) is 5.79. The lowest BCUT2D eigenvalue weighted by molar-refractivity contribution is -0.139. The molecule has 3 rings (SSSR count). The molecule has 0 N–H and O–H groups in total. The van der Waals surface area contributed by atoms with Gasteiger partial charge in [0.1, 0.15) is 0 Å². The first-order valence-corrected chi connectivity index (χ1v) is 8.20. The van der Waals surface area contributed by atoms with Crippen molar-refractivity contribution in [3.63, 3.8) is 0 Å². The Bertz CT molecular complexity index is 970. The van der Waals surface area contributed by atoms with Gasteiger partial charge in [-0.25, -0.2) is 9.18 Å². The van der Waals surface area contributed by atoms with E-state index in [0.717, 1.165) is 5.56 Å². The number of aromatic nitrogens is 2. The summed E-state index contributed by atoms with van der Waals surface area (Å²) in [6.07, 6.45) is 2.61. The van der Waals surface area contributed by atoms with Crippen LogP contribution in [0.2, 0.25) is 5.02 Å². The predicted octanol–water partition coefficient (Wildman–Crippen LogP) is 4.29. The number of hydrogen-bond acceptors (Lipinski definition) is 6. The van der Waals surface area contributed by atoms with E-state index < -0.39 is 11.8 Å². The summed E-state index contributed by atoms with van der Waals surface area (Å²) in [5, 5.41) is 4.42. The molecule has 1 aromatic heterocycles. The van der Waals surface area contributed by atoms with E-state index in [-0.39, 0.29) is 18.2 Å². The van der Waals surface area contributed by atoms with Crippen LogP contribution in [0.1, 0.15) is 11.5 Å². The number of methoxy groups -OCH3 is 1. The van der Waals surface area contributed by atoms with Crippen LogP contribution in [0.15, 0.2) is 53.1 Å². The van der Waals surface area contributed by atoms with E-state index in [0.29, 0.717) is 16.4 Å². The molecule has 0 radical (unpaired) electrons. The van der Waals surface area contributed by atoms with Crippen molar-refractivity contribution in [3.8, 4) is 17.1 Å². The lowest BCUT2D eigenvalue weighted by Crippen LogP contribution is -2.01. The fourth-order valence-corrected chi connectivity index (χ4v) is 2.29. The average molecular weight is 389 g/mol. The van der Waals surface area contributed by atoms with E-state index in [4.69, 9.17) is 25.6 Å². The number of carbonyl (C=O) groups is 1. The van der Waals surface area contributed by atoms with E-state index >= 15 is 0 Å². The van der Waals surface area contributed by atoms with Gasteiger partial charge in [-0.3, -0.25) is 0 Å². The first-order chi connectivity index (χ1) is 13.0. The third-order valence-electron chi connectivity index (χ3n) is 3.50. The molecule has 0 spiro atoms. The molecule has 1 heterocycles. The van der Waals surface area contributed by atoms with Crippen LogP contribution in [-0.2, 0) is 16.1 Å². The molecule has 0 fully saturated rings. The van der Waals surface area contributed by atoms with Crippen molar-refractivity contribution in [2.45, 2.75) is 6.61 Å². The van der Waals surface area contributed by atoms with Crippen LogP contribution >= 0.6 is 11.6 Å². The minimum atomic E-state index is -0.627. The minimum Gasteiger partial charge on any atom is -0.494 e. The van der Waals surface area contributed by atoms with Gasteiger partial charge in [0.2, 0.25) is 5.82 Å². The molecular weight excluding hydrogens is 375 g/mol. The number of ether oxygens (including phenoxy) is 2. The Morgan fingerprint density at radius 3 is 2.74 bits per heavy atom. The van der Waals surface area contributed by atoms with E-state index in [1.165, 1.54) is 31.4 Å². The standard InChI is InChI=1S/C19H14ClFN2O4/c1-25-16-8-2-12(10-15(16)21)3-9-18(24)26-11-17-22-19(23-27-17)13-4-6-14(20)7-5-13/h2-10H,11H2,1H3/b9-3+. The molecule has 27 heavy (non-hydrogen) atoms. The smallest absolute Gasteiger partial charge is 0.331 e. The molecule has 2 aromatic carbocycles. The van der Waals surface area contributed by atoms with Gasteiger partial charge in [0.05, 0.1) is 7.11 Å². The molecule has 0 aliphatic carbocycles. The Morgan fingerprint density at radius 2 is 2.04 bits per heavy atom. The number of esters is 1. The summed E-state index contributed by atoms with van der Waals surface area (Å²) in [5.74, 6) is -0.507. The van der Waals surface area contributed by atoms with Crippen molar-refractivity contribution in [2.75, 3.05) is 7.11 Å². The second-order valence-electron chi connectivity index (χ2n) is 5.35. The van der Waals surface area contributed by atoms with Crippen molar-refractivity contribution in [1.29, 1.82) is 0 Å². The summed E-state index contributed by atoms with van der Waals surface area (Å²) >= 11 is 5.83. The van der Waals surface area contributed by atoms with Crippen LogP contribution in [0.4, 0.5) is 4.39 Å². The Kier molecular flexibility index (Phi) is 5.83. The van der Waals surface area contributed by atoms with Gasteiger partial charge in [-0.15, -0.1) is 0 Å². The highest BCUT2D eigenvalue weighted by Gasteiger charge is 2.10. The minimum absolute atomic E-state index is 0.127. The van der Waals surface area contributed by atoms with Crippen LogP contribution in [0.25, 0.3) is 17.5 Å². The molecule has 0 unspecified atom stereocenters. The monoisotopic (exact) mass is 388 g/mol. The van der Waals surface area contributed by atoms with Gasteiger partial charge in [-0.1, -0.05) is 22.8 Å². The van der Waals surface area contributed by atoms with E-state index in [9.17, 15) is 9.18 Å². The van der Waals surface area contributed by atoms with Crippen LogP contribution in [0.5, 0.6) is 5.75 Å². The zero-order valence-electron chi connectivity index (χ0n) is 14.2. The van der Waals surface area contributed by atoms with Gasteiger partial charge in [-0.05, 0) is 48.0 Å². The van der Waals surface area contributed by atoms with Gasteiger partial charge < -0.3 is 14.0 Å². The normalized spacial score (nSPS) is 10.9. The molecular formula is C19H14ClFN2O4. The highest BCUT2D eigenvalue weighted by molar-refractivity contribution is 6.30. The number of carbonyl (C=O) groups excluding carboxylic acids is 1. The lowest BCUT2D eigenvalue weighted by atomic mass is 10.2. The fraction of sp³-hybridized carbons (Fsp3) is 0.105. The maximum atomic E-state index is 13.6. The predicted molar refractivity (Wildman–Crippen MR) is 96.5 cm³/mol. The Balaban J connectivity index is 1.56. The SMILES string of the molecule is COc1ccc(/C=C/C(=O)OCc2nc(-c3ccc(Cl)cc3)no2)cc1F. The zero-order valence-corrected chi connectivity index (χ0v) is 14.9. The molecule has 0 amide bonds. The van der Waals surface area contributed by atoms with E-state index in [2.05, 4.69) is 10.1 Å². The topological polar surface area (TPSA) is 74.5 Å². The highest BCUT2D eigenvalue weighted by Crippen LogP contribution is 2.19. The van der Waals surface area contributed by atoms with E-state index in [1.807, 2.05) is 0 Å². The van der Waals surface area contributed by atoms with Gasteiger partial charge >= 0.3 is 5.97 Å². The number of hydrogen-bond donors (Lipinski definition) is 0. The lowest BCUT2D eigenvalue weighted by Gasteiger charge is -2.02. The van der Waals surface area contributed by atoms with E-state index in [1.54, 1.807) is 30.3 Å². The third-order valence-corrected chi connectivity index (χ3v) is 3.75. The Hall–Kier alpha value is -3.19. The molecule has 0 aliphatic heterocycles. The summed E-state index contributed by atoms with van der Waals surface area (Å²) in [5.41, 5.74) is 1.22. The molecule has 138 valence electrons. The summed E-state index contributed by atoms with van der Waals surface area (Å²) in [4.78, 5) is 15.9. The van der Waals surface area contributed by atoms with Crippen LogP contribution < -0.4 is 4.74 Å². The second kappa shape index (κ2) is 8.46. The van der Waals surface area contributed by atoms with Gasteiger partial charge in [0, 0.05) is 16.7 Å². The van der Waals surface area contributed by atoms with Gasteiger partial charge in [-0.2, -0.15) is 4.98 Å². The summed E-state index contributed by atoms with van der Waals surface area (Å²) in [6, 6.07) is 11.2.